The van der Waals surface area contributed by atoms with Gasteiger partial charge >= 0.3 is 0 Å². The van der Waals surface area contributed by atoms with E-state index in [0.29, 0.717) is 23.3 Å². The zero-order valence-corrected chi connectivity index (χ0v) is 15.0. The number of thioether (sulfide) groups is 2. The third kappa shape index (κ3) is 5.22. The number of halogens is 2. The maximum absolute atomic E-state index is 12.3. The van der Waals surface area contributed by atoms with Crippen molar-refractivity contribution in [2.75, 3.05) is 13.7 Å². The van der Waals surface area contributed by atoms with E-state index < -0.39 is 5.76 Å². The molecule has 1 aromatic heterocycles. The van der Waals surface area contributed by atoms with Gasteiger partial charge in [-0.05, 0) is 31.5 Å². The summed E-state index contributed by atoms with van der Waals surface area (Å²) in [5.41, 5.74) is 3.26. The van der Waals surface area contributed by atoms with Gasteiger partial charge in [0.25, 0.3) is 5.76 Å². The lowest BCUT2D eigenvalue weighted by Gasteiger charge is -2.09. The Hall–Kier alpha value is -1.05. The predicted octanol–water partition coefficient (Wildman–Crippen LogP) is 4.75. The van der Waals surface area contributed by atoms with Gasteiger partial charge in [0, 0.05) is 30.0 Å². The molecule has 0 saturated heterocycles. The SMILES string of the molecule is COCCn1c(SCc2ccc(SC(F)F)cc2)nc(C)c1C. The lowest BCUT2D eigenvalue weighted by atomic mass is 10.2. The molecular weight excluding hydrogens is 338 g/mol. The number of aromatic nitrogens is 2. The van der Waals surface area contributed by atoms with Gasteiger partial charge in [-0.2, -0.15) is 8.78 Å². The van der Waals surface area contributed by atoms with Crippen LogP contribution in [-0.2, 0) is 17.0 Å². The normalized spacial score (nSPS) is 11.4. The molecule has 0 aliphatic rings. The summed E-state index contributed by atoms with van der Waals surface area (Å²) in [7, 11) is 1.69. The first-order valence-corrected chi connectivity index (χ1v) is 9.07. The summed E-state index contributed by atoms with van der Waals surface area (Å²) in [4.78, 5) is 5.19. The van der Waals surface area contributed by atoms with E-state index in [0.717, 1.165) is 34.4 Å². The molecule has 0 spiro atoms. The van der Waals surface area contributed by atoms with E-state index in [1.165, 1.54) is 0 Å². The Morgan fingerprint density at radius 3 is 2.52 bits per heavy atom. The summed E-state index contributed by atoms with van der Waals surface area (Å²) in [6.45, 7) is 5.47. The van der Waals surface area contributed by atoms with E-state index >= 15 is 0 Å². The zero-order valence-electron chi connectivity index (χ0n) is 13.4. The molecule has 2 aromatic rings. The quantitative estimate of drug-likeness (QED) is 0.636. The van der Waals surface area contributed by atoms with Crippen molar-refractivity contribution in [2.24, 2.45) is 0 Å². The second-order valence-electron chi connectivity index (χ2n) is 5.02. The fourth-order valence-corrected chi connectivity index (χ4v) is 3.67. The molecule has 0 fully saturated rings. The van der Waals surface area contributed by atoms with E-state index in [2.05, 4.69) is 16.5 Å². The first-order chi connectivity index (χ1) is 11.0. The van der Waals surface area contributed by atoms with Crippen LogP contribution in [0.4, 0.5) is 8.78 Å². The predicted molar refractivity (Wildman–Crippen MR) is 91.4 cm³/mol. The number of nitrogens with zero attached hydrogens (tertiary/aromatic N) is 2. The zero-order chi connectivity index (χ0) is 16.8. The largest absolute Gasteiger partial charge is 0.383 e. The van der Waals surface area contributed by atoms with Gasteiger partial charge < -0.3 is 9.30 Å². The summed E-state index contributed by atoms with van der Waals surface area (Å²) < 4.78 is 31.9. The third-order valence-electron chi connectivity index (χ3n) is 3.46. The maximum Gasteiger partial charge on any atom is 0.288 e. The number of methoxy groups -OCH3 is 1. The second-order valence-corrected chi connectivity index (χ2v) is 7.03. The first kappa shape index (κ1) is 18.3. The number of hydrogen-bond acceptors (Lipinski definition) is 4. The van der Waals surface area contributed by atoms with Gasteiger partial charge in [0.2, 0.25) is 0 Å². The maximum atomic E-state index is 12.3. The molecule has 0 aliphatic carbocycles. The van der Waals surface area contributed by atoms with Crippen LogP contribution < -0.4 is 0 Å². The fourth-order valence-electron chi connectivity index (χ4n) is 2.09. The highest BCUT2D eigenvalue weighted by atomic mass is 32.2. The average Bonchev–Trinajstić information content (AvgIpc) is 2.79. The monoisotopic (exact) mass is 358 g/mol. The topological polar surface area (TPSA) is 27.1 Å². The standard InChI is InChI=1S/C16H20F2N2OS2/c1-11-12(2)20(8-9-21-3)16(19-11)22-10-13-4-6-14(7-5-13)23-15(17)18/h4-7,15H,8-10H2,1-3H3. The van der Waals surface area contributed by atoms with E-state index in [4.69, 9.17) is 4.74 Å². The minimum absolute atomic E-state index is 0.568. The Kier molecular flexibility index (Phi) is 6.92. The second kappa shape index (κ2) is 8.70. The summed E-state index contributed by atoms with van der Waals surface area (Å²) in [6, 6.07) is 7.25. The molecule has 0 amide bonds. The molecule has 0 aliphatic heterocycles. The molecule has 0 atom stereocenters. The average molecular weight is 358 g/mol. The summed E-state index contributed by atoms with van der Waals surface area (Å²) in [5.74, 6) is -1.63. The highest BCUT2D eigenvalue weighted by Crippen LogP contribution is 2.28. The van der Waals surface area contributed by atoms with Crippen LogP contribution >= 0.6 is 23.5 Å². The van der Waals surface area contributed by atoms with Crippen LogP contribution in [0.5, 0.6) is 0 Å². The Morgan fingerprint density at radius 2 is 1.91 bits per heavy atom. The Morgan fingerprint density at radius 1 is 1.22 bits per heavy atom. The molecule has 0 unspecified atom stereocenters. The molecule has 0 N–H and O–H groups in total. The Labute approximate surface area is 143 Å². The Bertz CT molecular complexity index is 630. The molecular formula is C16H20F2N2OS2. The van der Waals surface area contributed by atoms with Crippen molar-refractivity contribution in [3.05, 3.63) is 41.2 Å². The van der Waals surface area contributed by atoms with Crippen LogP contribution in [0.25, 0.3) is 0 Å². The number of aryl methyl sites for hydroxylation is 1. The van der Waals surface area contributed by atoms with Crippen molar-refractivity contribution in [3.63, 3.8) is 0 Å². The van der Waals surface area contributed by atoms with Gasteiger partial charge in [-0.3, -0.25) is 0 Å². The van der Waals surface area contributed by atoms with Crippen LogP contribution in [0.15, 0.2) is 34.3 Å². The van der Waals surface area contributed by atoms with Crippen molar-refractivity contribution in [1.82, 2.24) is 9.55 Å². The molecule has 0 saturated carbocycles. The number of imidazole rings is 1. The fraction of sp³-hybridized carbons (Fsp3) is 0.438. The lowest BCUT2D eigenvalue weighted by Crippen LogP contribution is -2.07. The molecule has 0 radical (unpaired) electrons. The Balaban J connectivity index is 2.01. The summed E-state index contributed by atoms with van der Waals surface area (Å²) >= 11 is 2.21. The van der Waals surface area contributed by atoms with Crippen molar-refractivity contribution in [1.29, 1.82) is 0 Å². The molecule has 7 heteroatoms. The third-order valence-corrected chi connectivity index (χ3v) is 5.23. The molecule has 0 bridgehead atoms. The summed E-state index contributed by atoms with van der Waals surface area (Å²) in [6.07, 6.45) is 0. The van der Waals surface area contributed by atoms with Crippen molar-refractivity contribution in [2.45, 2.75) is 42.0 Å². The van der Waals surface area contributed by atoms with Gasteiger partial charge in [0.1, 0.15) is 0 Å². The molecule has 126 valence electrons. The number of ether oxygens (including phenoxy) is 1. The van der Waals surface area contributed by atoms with Gasteiger partial charge in [0.15, 0.2) is 5.16 Å². The molecule has 1 heterocycles. The van der Waals surface area contributed by atoms with E-state index in [-0.39, 0.29) is 0 Å². The molecule has 1 aromatic carbocycles. The highest BCUT2D eigenvalue weighted by Gasteiger charge is 2.12. The van der Waals surface area contributed by atoms with Gasteiger partial charge in [-0.15, -0.1) is 0 Å². The molecule has 23 heavy (non-hydrogen) atoms. The van der Waals surface area contributed by atoms with Gasteiger partial charge in [-0.1, -0.05) is 35.7 Å². The summed E-state index contributed by atoms with van der Waals surface area (Å²) in [5, 5.41) is 0.961. The van der Waals surface area contributed by atoms with E-state index in [1.54, 1.807) is 31.0 Å². The van der Waals surface area contributed by atoms with Gasteiger partial charge in [-0.25, -0.2) is 4.98 Å². The lowest BCUT2D eigenvalue weighted by molar-refractivity contribution is 0.184. The number of benzene rings is 1. The number of alkyl halides is 2. The van der Waals surface area contributed by atoms with Crippen LogP contribution in [0.2, 0.25) is 0 Å². The van der Waals surface area contributed by atoms with Crippen molar-refractivity contribution in [3.8, 4) is 0 Å². The minimum atomic E-state index is -2.38. The van der Waals surface area contributed by atoms with E-state index in [9.17, 15) is 8.78 Å². The molecule has 2 rings (SSSR count). The smallest absolute Gasteiger partial charge is 0.288 e. The highest BCUT2D eigenvalue weighted by molar-refractivity contribution is 7.99. The van der Waals surface area contributed by atoms with Crippen LogP contribution in [-0.4, -0.2) is 29.0 Å². The van der Waals surface area contributed by atoms with E-state index in [1.807, 2.05) is 19.1 Å². The van der Waals surface area contributed by atoms with Crippen LogP contribution in [0, 0.1) is 13.8 Å². The van der Waals surface area contributed by atoms with Crippen molar-refractivity contribution < 1.29 is 13.5 Å². The van der Waals surface area contributed by atoms with Gasteiger partial charge in [0.05, 0.1) is 12.3 Å². The van der Waals surface area contributed by atoms with Crippen LogP contribution in [0.1, 0.15) is 17.0 Å². The van der Waals surface area contributed by atoms with Crippen molar-refractivity contribution >= 4 is 23.5 Å². The minimum Gasteiger partial charge on any atom is -0.383 e. The molecule has 3 nitrogen and oxygen atoms in total. The van der Waals surface area contributed by atoms with Crippen LogP contribution in [0.3, 0.4) is 0 Å². The first-order valence-electron chi connectivity index (χ1n) is 7.20. The number of rotatable bonds is 8. The number of hydrogen-bond donors (Lipinski definition) is 0.